The Labute approximate surface area is 138 Å². The minimum atomic E-state index is -0.271. The smallest absolute Gasteiger partial charge is 0.291 e. The van der Waals surface area contributed by atoms with E-state index in [9.17, 15) is 4.79 Å². The van der Waals surface area contributed by atoms with Crippen LogP contribution in [0.25, 0.3) is 0 Å². The maximum atomic E-state index is 12.3. The van der Waals surface area contributed by atoms with E-state index in [0.717, 1.165) is 16.8 Å². The van der Waals surface area contributed by atoms with Crippen LogP contribution in [0.1, 0.15) is 27.4 Å². The maximum Gasteiger partial charge on any atom is 0.291 e. The maximum absolute atomic E-state index is 12.3. The highest BCUT2D eigenvalue weighted by molar-refractivity contribution is 6.30. The predicted octanol–water partition coefficient (Wildman–Crippen LogP) is 4.05. The van der Waals surface area contributed by atoms with Crippen molar-refractivity contribution in [2.45, 2.75) is 20.4 Å². The molecule has 1 N–H and O–H groups in total. The summed E-state index contributed by atoms with van der Waals surface area (Å²) in [6, 6.07) is 9.29. The number of para-hydroxylation sites is 1. The second-order valence-corrected chi connectivity index (χ2v) is 5.78. The van der Waals surface area contributed by atoms with Gasteiger partial charge in [0, 0.05) is 11.9 Å². The molecule has 0 aliphatic carbocycles. The lowest BCUT2D eigenvalue weighted by atomic mass is 10.1. The Morgan fingerprint density at radius 2 is 2.00 bits per heavy atom. The average Bonchev–Trinajstić information content (AvgIpc) is 3.13. The van der Waals surface area contributed by atoms with Gasteiger partial charge in [-0.2, -0.15) is 5.10 Å². The normalized spacial score (nSPS) is 10.7. The molecule has 5 nitrogen and oxygen atoms in total. The minimum Gasteiger partial charge on any atom is -0.454 e. The van der Waals surface area contributed by atoms with Gasteiger partial charge in [0.05, 0.1) is 17.8 Å². The lowest BCUT2D eigenvalue weighted by Gasteiger charge is -2.10. The van der Waals surface area contributed by atoms with Crippen molar-refractivity contribution in [2.24, 2.45) is 0 Å². The first-order valence-corrected chi connectivity index (χ1v) is 7.55. The van der Waals surface area contributed by atoms with Gasteiger partial charge in [-0.3, -0.25) is 9.48 Å². The lowest BCUT2D eigenvalue weighted by molar-refractivity contribution is 0.0994. The van der Waals surface area contributed by atoms with E-state index < -0.39 is 0 Å². The van der Waals surface area contributed by atoms with Crippen LogP contribution >= 0.6 is 11.6 Å². The molecular formula is C17H16ClN3O2. The fourth-order valence-corrected chi connectivity index (χ4v) is 2.51. The molecule has 3 aromatic rings. The minimum absolute atomic E-state index is 0.265. The summed E-state index contributed by atoms with van der Waals surface area (Å²) < 4.78 is 7.24. The third kappa shape index (κ3) is 3.46. The van der Waals surface area contributed by atoms with Crippen molar-refractivity contribution >= 4 is 23.2 Å². The van der Waals surface area contributed by atoms with E-state index in [1.165, 1.54) is 0 Å². The fourth-order valence-electron chi connectivity index (χ4n) is 2.36. The molecule has 0 radical (unpaired) electrons. The van der Waals surface area contributed by atoms with Gasteiger partial charge in [-0.05, 0) is 37.1 Å². The summed E-state index contributed by atoms with van der Waals surface area (Å²) in [6.07, 6.45) is 3.25. The topological polar surface area (TPSA) is 60.1 Å². The second kappa shape index (κ2) is 6.30. The number of rotatable bonds is 4. The van der Waals surface area contributed by atoms with Gasteiger partial charge in [-0.15, -0.1) is 0 Å². The largest absolute Gasteiger partial charge is 0.454 e. The van der Waals surface area contributed by atoms with Gasteiger partial charge in [0.15, 0.2) is 5.76 Å². The number of amides is 1. The van der Waals surface area contributed by atoms with Crippen LogP contribution in [0, 0.1) is 13.8 Å². The Bertz CT molecular complexity index is 831. The van der Waals surface area contributed by atoms with E-state index >= 15 is 0 Å². The van der Waals surface area contributed by atoms with E-state index in [1.807, 2.05) is 32.0 Å². The first kappa shape index (κ1) is 15.4. The number of halogens is 1. The van der Waals surface area contributed by atoms with Gasteiger partial charge in [0.2, 0.25) is 0 Å². The molecular weight excluding hydrogens is 314 g/mol. The molecule has 0 saturated heterocycles. The molecule has 1 amide bonds. The summed E-state index contributed by atoms with van der Waals surface area (Å²) in [5.41, 5.74) is 2.84. The molecule has 23 heavy (non-hydrogen) atoms. The van der Waals surface area contributed by atoms with E-state index in [4.69, 9.17) is 16.0 Å². The van der Waals surface area contributed by atoms with Crippen molar-refractivity contribution in [3.05, 3.63) is 70.4 Å². The first-order chi connectivity index (χ1) is 11.0. The Kier molecular flexibility index (Phi) is 4.21. The quantitative estimate of drug-likeness (QED) is 0.785. The van der Waals surface area contributed by atoms with Crippen molar-refractivity contribution in [1.29, 1.82) is 0 Å². The highest BCUT2D eigenvalue weighted by Crippen LogP contribution is 2.21. The molecule has 0 fully saturated rings. The Hall–Kier alpha value is -2.53. The van der Waals surface area contributed by atoms with E-state index in [0.29, 0.717) is 17.3 Å². The van der Waals surface area contributed by atoms with E-state index in [1.54, 1.807) is 29.2 Å². The van der Waals surface area contributed by atoms with Crippen molar-refractivity contribution < 1.29 is 9.21 Å². The SMILES string of the molecule is Cc1cccc(C)c1NC(=O)c1ccc(Cn2cc(Cl)cn2)o1. The highest BCUT2D eigenvalue weighted by Gasteiger charge is 2.14. The standard InChI is InChI=1S/C17H16ClN3O2/c1-11-4-3-5-12(2)16(11)20-17(22)15-7-6-14(23-15)10-21-9-13(18)8-19-21/h3-9H,10H2,1-2H3,(H,20,22). The molecule has 0 atom stereocenters. The molecule has 6 heteroatoms. The summed E-state index contributed by atoms with van der Waals surface area (Å²) in [5.74, 6) is 0.629. The number of carbonyl (C=O) groups is 1. The summed E-state index contributed by atoms with van der Waals surface area (Å²) in [4.78, 5) is 12.3. The number of carbonyl (C=O) groups excluding carboxylic acids is 1. The van der Waals surface area contributed by atoms with Gasteiger partial charge < -0.3 is 9.73 Å². The molecule has 2 aromatic heterocycles. The zero-order chi connectivity index (χ0) is 16.4. The van der Waals surface area contributed by atoms with E-state index in [-0.39, 0.29) is 11.7 Å². The van der Waals surface area contributed by atoms with Crippen LogP contribution < -0.4 is 5.32 Å². The highest BCUT2D eigenvalue weighted by atomic mass is 35.5. The zero-order valence-corrected chi connectivity index (χ0v) is 13.6. The van der Waals surface area contributed by atoms with Crippen LogP contribution in [0.4, 0.5) is 5.69 Å². The Morgan fingerprint density at radius 3 is 2.65 bits per heavy atom. The number of hydrogen-bond acceptors (Lipinski definition) is 3. The number of aromatic nitrogens is 2. The third-order valence-corrected chi connectivity index (χ3v) is 3.72. The number of benzene rings is 1. The number of nitrogens with one attached hydrogen (secondary N) is 1. The first-order valence-electron chi connectivity index (χ1n) is 7.17. The molecule has 3 rings (SSSR count). The van der Waals surface area contributed by atoms with Crippen molar-refractivity contribution in [1.82, 2.24) is 9.78 Å². The molecule has 0 aliphatic rings. The number of anilines is 1. The predicted molar refractivity (Wildman–Crippen MR) is 88.9 cm³/mol. The zero-order valence-electron chi connectivity index (χ0n) is 12.8. The monoisotopic (exact) mass is 329 g/mol. The van der Waals surface area contributed by atoms with Crippen LogP contribution in [0.15, 0.2) is 47.1 Å². The third-order valence-electron chi connectivity index (χ3n) is 3.52. The van der Waals surface area contributed by atoms with Gasteiger partial charge in [0.1, 0.15) is 5.76 Å². The average molecular weight is 330 g/mol. The lowest BCUT2D eigenvalue weighted by Crippen LogP contribution is -2.13. The second-order valence-electron chi connectivity index (χ2n) is 5.34. The molecule has 1 aromatic carbocycles. The van der Waals surface area contributed by atoms with E-state index in [2.05, 4.69) is 10.4 Å². The van der Waals surface area contributed by atoms with Gasteiger partial charge in [-0.1, -0.05) is 29.8 Å². The van der Waals surface area contributed by atoms with Crippen LogP contribution in [0.5, 0.6) is 0 Å². The summed E-state index contributed by atoms with van der Waals surface area (Å²) in [6.45, 7) is 4.33. The molecule has 0 saturated carbocycles. The van der Waals surface area contributed by atoms with Crippen molar-refractivity contribution in [2.75, 3.05) is 5.32 Å². The molecule has 118 valence electrons. The molecule has 0 spiro atoms. The van der Waals surface area contributed by atoms with Crippen molar-refractivity contribution in [3.8, 4) is 0 Å². The van der Waals surface area contributed by atoms with Crippen LogP contribution in [0.3, 0.4) is 0 Å². The van der Waals surface area contributed by atoms with Crippen molar-refractivity contribution in [3.63, 3.8) is 0 Å². The summed E-state index contributed by atoms with van der Waals surface area (Å²) in [7, 11) is 0. The fraction of sp³-hybridized carbons (Fsp3) is 0.176. The molecule has 0 aliphatic heterocycles. The molecule has 0 unspecified atom stereocenters. The van der Waals surface area contributed by atoms with Crippen LogP contribution in [-0.4, -0.2) is 15.7 Å². The van der Waals surface area contributed by atoms with Crippen LogP contribution in [-0.2, 0) is 6.54 Å². The number of aryl methyl sites for hydroxylation is 2. The van der Waals surface area contributed by atoms with Gasteiger partial charge in [-0.25, -0.2) is 0 Å². The number of hydrogen-bond donors (Lipinski definition) is 1. The number of nitrogens with zero attached hydrogens (tertiary/aromatic N) is 2. The van der Waals surface area contributed by atoms with Gasteiger partial charge in [0.25, 0.3) is 5.91 Å². The van der Waals surface area contributed by atoms with Crippen LogP contribution in [0.2, 0.25) is 5.02 Å². The molecule has 2 heterocycles. The summed E-state index contributed by atoms with van der Waals surface area (Å²) >= 11 is 5.82. The molecule has 0 bridgehead atoms. The van der Waals surface area contributed by atoms with Gasteiger partial charge >= 0.3 is 0 Å². The number of furan rings is 1. The Morgan fingerprint density at radius 1 is 1.26 bits per heavy atom. The Balaban J connectivity index is 1.73. The summed E-state index contributed by atoms with van der Waals surface area (Å²) in [5, 5.41) is 7.54.